The van der Waals surface area contributed by atoms with Crippen molar-refractivity contribution in [3.05, 3.63) is 144 Å². The van der Waals surface area contributed by atoms with Gasteiger partial charge < -0.3 is 0 Å². The minimum atomic E-state index is -1.10. The molecule has 4 nitrogen and oxygen atoms in total. The normalized spacial score (nSPS) is 14.7. The molecule has 0 saturated heterocycles. The molecule has 0 bridgehead atoms. The molecule has 143 valence electrons. The van der Waals surface area contributed by atoms with Crippen LogP contribution < -0.4 is 0 Å². The summed E-state index contributed by atoms with van der Waals surface area (Å²) in [5.41, 5.74) is 2.18. The fourth-order valence-corrected chi connectivity index (χ4v) is 4.45. The standard InChI is InChI=1S/C26H19N4/c1-5-13-21(14-6-1)25(22-15-7-2-8-16-22,23-17-9-3-10-18-23)26(27-29-30-28-26)24-19-11-4-12-20-24/h1-11,13-20H. The monoisotopic (exact) mass is 387 g/mol. The van der Waals surface area contributed by atoms with Crippen LogP contribution in [0.5, 0.6) is 0 Å². The summed E-state index contributed by atoms with van der Waals surface area (Å²) in [6.07, 6.45) is 0. The maximum atomic E-state index is 4.71. The zero-order chi connectivity index (χ0) is 20.3. The van der Waals surface area contributed by atoms with E-state index in [1.54, 1.807) is 0 Å². The van der Waals surface area contributed by atoms with E-state index in [2.05, 4.69) is 52.9 Å². The highest BCUT2D eigenvalue weighted by Gasteiger charge is 2.59. The first-order valence-electron chi connectivity index (χ1n) is 9.85. The molecule has 0 aliphatic carbocycles. The smallest absolute Gasteiger partial charge is 0.128 e. The van der Waals surface area contributed by atoms with Crippen molar-refractivity contribution in [2.24, 2.45) is 20.7 Å². The van der Waals surface area contributed by atoms with Gasteiger partial charge in [-0.25, -0.2) is 0 Å². The zero-order valence-electron chi connectivity index (χ0n) is 16.3. The number of hydrogen-bond acceptors (Lipinski definition) is 4. The predicted molar refractivity (Wildman–Crippen MR) is 116 cm³/mol. The lowest BCUT2D eigenvalue weighted by Crippen LogP contribution is -2.48. The minimum absolute atomic E-state index is 0.782. The summed E-state index contributed by atoms with van der Waals surface area (Å²) in [5.74, 6) is 0. The Kier molecular flexibility index (Phi) is 4.52. The lowest BCUT2D eigenvalue weighted by atomic mass is 9.60. The highest BCUT2D eigenvalue weighted by atomic mass is 15.6. The van der Waals surface area contributed by atoms with Gasteiger partial charge in [0.05, 0.1) is 5.41 Å². The van der Waals surface area contributed by atoms with Crippen molar-refractivity contribution < 1.29 is 0 Å². The molecule has 0 atom stereocenters. The van der Waals surface area contributed by atoms with Gasteiger partial charge in [-0.05, 0) is 39.3 Å². The van der Waals surface area contributed by atoms with E-state index in [-0.39, 0.29) is 0 Å². The Morgan fingerprint density at radius 2 is 1.03 bits per heavy atom. The van der Waals surface area contributed by atoms with Crippen LogP contribution in [-0.4, -0.2) is 0 Å². The summed E-state index contributed by atoms with van der Waals surface area (Å²) in [4.78, 5) is 0. The van der Waals surface area contributed by atoms with Crippen LogP contribution in [0.1, 0.15) is 22.3 Å². The van der Waals surface area contributed by atoms with Crippen LogP contribution in [0.25, 0.3) is 0 Å². The third-order valence-corrected chi connectivity index (χ3v) is 5.67. The summed E-state index contributed by atoms with van der Waals surface area (Å²) in [6, 6.07) is 42.0. The van der Waals surface area contributed by atoms with Crippen LogP contribution in [0.15, 0.2) is 136 Å². The van der Waals surface area contributed by atoms with Crippen LogP contribution >= 0.6 is 0 Å². The Morgan fingerprint density at radius 3 is 1.43 bits per heavy atom. The SMILES string of the molecule is [c]1cccc(C2(C(c3ccccc3)(c3ccccc3)c3ccccc3)N=NN=N2)c1. The first kappa shape index (κ1) is 18.1. The van der Waals surface area contributed by atoms with Crippen molar-refractivity contribution in [1.82, 2.24) is 0 Å². The van der Waals surface area contributed by atoms with Crippen LogP contribution in [0.3, 0.4) is 0 Å². The zero-order valence-corrected chi connectivity index (χ0v) is 16.3. The van der Waals surface area contributed by atoms with E-state index < -0.39 is 11.1 Å². The van der Waals surface area contributed by atoms with Gasteiger partial charge in [-0.2, -0.15) is 0 Å². The third-order valence-electron chi connectivity index (χ3n) is 5.67. The predicted octanol–water partition coefficient (Wildman–Crippen LogP) is 6.51. The molecule has 0 amide bonds. The van der Waals surface area contributed by atoms with Crippen molar-refractivity contribution in [1.29, 1.82) is 0 Å². The minimum Gasteiger partial charge on any atom is -0.128 e. The third kappa shape index (κ3) is 2.61. The largest absolute Gasteiger partial charge is 0.237 e. The topological polar surface area (TPSA) is 49.4 Å². The number of benzene rings is 4. The van der Waals surface area contributed by atoms with E-state index in [0.717, 1.165) is 22.3 Å². The molecule has 0 saturated carbocycles. The van der Waals surface area contributed by atoms with Gasteiger partial charge >= 0.3 is 0 Å². The van der Waals surface area contributed by atoms with E-state index in [4.69, 9.17) is 10.2 Å². The van der Waals surface area contributed by atoms with Gasteiger partial charge in [0.15, 0.2) is 0 Å². The molecule has 30 heavy (non-hydrogen) atoms. The summed E-state index contributed by atoms with van der Waals surface area (Å²) in [6.45, 7) is 0. The van der Waals surface area contributed by atoms with Crippen LogP contribution in [0.4, 0.5) is 0 Å². The van der Waals surface area contributed by atoms with E-state index in [1.807, 2.05) is 78.9 Å². The molecule has 4 aromatic rings. The van der Waals surface area contributed by atoms with Crippen molar-refractivity contribution in [3.8, 4) is 0 Å². The van der Waals surface area contributed by atoms with Gasteiger partial charge in [0.25, 0.3) is 0 Å². The lowest BCUT2D eigenvalue weighted by molar-refractivity contribution is 0.317. The highest BCUT2D eigenvalue weighted by Crippen LogP contribution is 2.56. The van der Waals surface area contributed by atoms with Gasteiger partial charge in [-0.3, -0.25) is 0 Å². The van der Waals surface area contributed by atoms with E-state index in [1.165, 1.54) is 0 Å². The van der Waals surface area contributed by atoms with Gasteiger partial charge in [-0.1, -0.05) is 109 Å². The molecule has 1 aliphatic rings. The molecule has 0 aromatic heterocycles. The Hall–Kier alpha value is -3.92. The average molecular weight is 387 g/mol. The molecule has 0 N–H and O–H groups in total. The fourth-order valence-electron chi connectivity index (χ4n) is 4.45. The molecule has 0 unspecified atom stereocenters. The highest BCUT2D eigenvalue weighted by molar-refractivity contribution is 5.57. The van der Waals surface area contributed by atoms with Crippen molar-refractivity contribution in [2.45, 2.75) is 11.1 Å². The number of nitrogens with zero attached hydrogens (tertiary/aromatic N) is 4. The maximum absolute atomic E-state index is 4.71. The number of rotatable bonds is 5. The Bertz CT molecular complexity index is 1060. The van der Waals surface area contributed by atoms with E-state index in [0.29, 0.717) is 0 Å². The van der Waals surface area contributed by atoms with Gasteiger partial charge in [0, 0.05) is 5.56 Å². The Balaban J connectivity index is 1.97. The first-order chi connectivity index (χ1) is 14.9. The van der Waals surface area contributed by atoms with Crippen molar-refractivity contribution >= 4 is 0 Å². The van der Waals surface area contributed by atoms with Crippen LogP contribution in [0.2, 0.25) is 0 Å². The summed E-state index contributed by atoms with van der Waals surface area (Å²) >= 11 is 0. The Labute approximate surface area is 175 Å². The molecular formula is C26H19N4. The second-order valence-corrected chi connectivity index (χ2v) is 7.19. The van der Waals surface area contributed by atoms with Crippen molar-refractivity contribution in [3.63, 3.8) is 0 Å². The molecule has 5 rings (SSSR count). The Morgan fingerprint density at radius 1 is 0.567 bits per heavy atom. The molecule has 1 heterocycles. The summed E-state index contributed by atoms with van der Waals surface area (Å²) < 4.78 is 0. The molecule has 1 radical (unpaired) electrons. The molecule has 0 fully saturated rings. The first-order valence-corrected chi connectivity index (χ1v) is 9.85. The van der Waals surface area contributed by atoms with Crippen LogP contribution in [-0.2, 0) is 11.1 Å². The molecular weight excluding hydrogens is 368 g/mol. The summed E-state index contributed by atoms with van der Waals surface area (Å²) in [7, 11) is 0. The average Bonchev–Trinajstić information content (AvgIpc) is 3.34. The second kappa shape index (κ2) is 7.48. The van der Waals surface area contributed by atoms with Crippen molar-refractivity contribution in [2.75, 3.05) is 0 Å². The molecule has 4 heteroatoms. The second-order valence-electron chi connectivity index (χ2n) is 7.19. The quantitative estimate of drug-likeness (QED) is 0.351. The lowest BCUT2D eigenvalue weighted by Gasteiger charge is -2.44. The molecule has 4 aromatic carbocycles. The van der Waals surface area contributed by atoms with Gasteiger partial charge in [0.1, 0.15) is 0 Å². The van der Waals surface area contributed by atoms with Gasteiger partial charge in [-0.15, -0.1) is 10.2 Å². The van der Waals surface area contributed by atoms with Crippen LogP contribution in [0, 0.1) is 6.07 Å². The van der Waals surface area contributed by atoms with E-state index in [9.17, 15) is 0 Å². The summed E-state index contributed by atoms with van der Waals surface area (Å²) in [5, 5.41) is 17.5. The van der Waals surface area contributed by atoms with Gasteiger partial charge in [0.2, 0.25) is 5.66 Å². The molecule has 1 aliphatic heterocycles. The maximum Gasteiger partial charge on any atom is 0.237 e. The molecule has 0 spiro atoms. The fraction of sp³-hybridized carbons (Fsp3) is 0.0769. The van der Waals surface area contributed by atoms with E-state index >= 15 is 0 Å². The number of hydrogen-bond donors (Lipinski definition) is 0.